The standard InChI is InChI=1S/C26H31FN2S/c1-6-22-11-9-12-23(15-22)16-29-24(17-28-18-26(30-27)19(2)3)14-21(5)25-13-8-7-10-20(25)4/h7-15,18,29H,5-6,16-17H2,1-4H3/b24-14+,28-18?. The number of hydrogen-bond acceptors (Lipinski definition) is 3. The Morgan fingerprint density at radius 3 is 2.53 bits per heavy atom. The second-order valence-corrected chi connectivity index (χ2v) is 8.04. The van der Waals surface area contributed by atoms with Crippen LogP contribution in [-0.2, 0) is 13.0 Å². The summed E-state index contributed by atoms with van der Waals surface area (Å²) in [7, 11) is 0. The van der Waals surface area contributed by atoms with Crippen LogP contribution >= 0.6 is 12.1 Å². The quantitative estimate of drug-likeness (QED) is 0.323. The lowest BCUT2D eigenvalue weighted by Crippen LogP contribution is -2.15. The molecule has 30 heavy (non-hydrogen) atoms. The van der Waals surface area contributed by atoms with E-state index < -0.39 is 0 Å². The van der Waals surface area contributed by atoms with Crippen molar-refractivity contribution in [3.63, 3.8) is 0 Å². The van der Waals surface area contributed by atoms with Gasteiger partial charge in [-0.05, 0) is 61.1 Å². The number of nitrogens with one attached hydrogen (secondary N) is 1. The number of rotatable bonds is 10. The Bertz CT molecular complexity index is 953. The molecule has 0 saturated carbocycles. The van der Waals surface area contributed by atoms with Crippen LogP contribution in [0.1, 0.15) is 43.0 Å². The molecule has 0 atom stereocenters. The molecule has 0 fully saturated rings. The lowest BCUT2D eigenvalue weighted by Gasteiger charge is -2.12. The summed E-state index contributed by atoms with van der Waals surface area (Å²) in [6.45, 7) is 13.4. The second kappa shape index (κ2) is 12.2. The lowest BCUT2D eigenvalue weighted by atomic mass is 10.0. The Balaban J connectivity index is 2.22. The molecule has 0 saturated heterocycles. The van der Waals surface area contributed by atoms with E-state index in [1.807, 2.05) is 32.1 Å². The first-order valence-electron chi connectivity index (χ1n) is 10.2. The smallest absolute Gasteiger partial charge is 0.0827 e. The fraction of sp³-hybridized carbons (Fsp3) is 0.269. The second-order valence-electron chi connectivity index (χ2n) is 7.45. The van der Waals surface area contributed by atoms with Crippen molar-refractivity contribution in [3.8, 4) is 0 Å². The molecular formula is C26H31FN2S. The molecule has 0 aliphatic carbocycles. The fourth-order valence-corrected chi connectivity index (χ4v) is 3.27. The number of aliphatic imine (C=N–C) groups is 1. The van der Waals surface area contributed by atoms with Crippen molar-refractivity contribution >= 4 is 23.9 Å². The van der Waals surface area contributed by atoms with Crippen LogP contribution in [-0.4, -0.2) is 12.8 Å². The third-order valence-electron chi connectivity index (χ3n) is 4.80. The Kier molecular flexibility index (Phi) is 9.62. The number of aryl methyl sites for hydroxylation is 2. The van der Waals surface area contributed by atoms with Crippen LogP contribution in [0.15, 0.2) is 82.4 Å². The summed E-state index contributed by atoms with van der Waals surface area (Å²) in [5.74, 6) is 0. The Labute approximate surface area is 185 Å². The third-order valence-corrected chi connectivity index (χ3v) is 5.48. The number of hydrogen-bond donors (Lipinski definition) is 1. The highest BCUT2D eigenvalue weighted by molar-refractivity contribution is 7.99. The van der Waals surface area contributed by atoms with Crippen molar-refractivity contribution in [1.29, 1.82) is 0 Å². The van der Waals surface area contributed by atoms with Gasteiger partial charge in [0.15, 0.2) is 0 Å². The first-order valence-corrected chi connectivity index (χ1v) is 10.9. The zero-order chi connectivity index (χ0) is 21.9. The zero-order valence-corrected chi connectivity index (χ0v) is 19.2. The van der Waals surface area contributed by atoms with Crippen molar-refractivity contribution in [1.82, 2.24) is 5.32 Å². The first kappa shape index (κ1) is 23.7. The molecule has 0 unspecified atom stereocenters. The molecule has 2 aromatic carbocycles. The van der Waals surface area contributed by atoms with Crippen molar-refractivity contribution in [2.75, 3.05) is 6.54 Å². The van der Waals surface area contributed by atoms with Crippen molar-refractivity contribution in [2.45, 2.75) is 40.7 Å². The van der Waals surface area contributed by atoms with Gasteiger partial charge in [-0.25, -0.2) is 0 Å². The van der Waals surface area contributed by atoms with E-state index in [0.717, 1.165) is 28.8 Å². The lowest BCUT2D eigenvalue weighted by molar-refractivity contribution is 0.787. The van der Waals surface area contributed by atoms with Gasteiger partial charge in [-0.15, -0.1) is 0 Å². The molecule has 2 rings (SSSR count). The van der Waals surface area contributed by atoms with Gasteiger partial charge < -0.3 is 5.32 Å². The van der Waals surface area contributed by atoms with Gasteiger partial charge in [0, 0.05) is 18.5 Å². The minimum atomic E-state index is 0.230. The van der Waals surface area contributed by atoms with Gasteiger partial charge in [0.05, 0.1) is 23.6 Å². The summed E-state index contributed by atoms with van der Waals surface area (Å²) in [5, 5.41) is 3.50. The van der Waals surface area contributed by atoms with Gasteiger partial charge in [-0.2, -0.15) is 3.89 Å². The predicted molar refractivity (Wildman–Crippen MR) is 131 cm³/mol. The summed E-state index contributed by atoms with van der Waals surface area (Å²) >= 11 is 0.230. The molecule has 0 aliphatic heterocycles. The van der Waals surface area contributed by atoms with Crippen molar-refractivity contribution in [2.24, 2.45) is 4.99 Å². The molecule has 0 spiro atoms. The normalized spacial score (nSPS) is 11.6. The Hall–Kier alpha value is -2.59. The molecule has 4 heteroatoms. The Morgan fingerprint density at radius 1 is 1.13 bits per heavy atom. The van der Waals surface area contributed by atoms with Crippen LogP contribution in [0.2, 0.25) is 0 Å². The summed E-state index contributed by atoms with van der Waals surface area (Å²) in [5.41, 5.74) is 7.60. The van der Waals surface area contributed by atoms with E-state index in [2.05, 4.69) is 67.1 Å². The largest absolute Gasteiger partial charge is 0.383 e. The zero-order valence-electron chi connectivity index (χ0n) is 18.3. The number of nitrogens with zero attached hydrogens (tertiary/aromatic N) is 1. The van der Waals surface area contributed by atoms with E-state index in [-0.39, 0.29) is 12.1 Å². The molecule has 0 amide bonds. The molecule has 0 aliphatic rings. The first-order chi connectivity index (χ1) is 14.4. The average molecular weight is 423 g/mol. The van der Waals surface area contributed by atoms with E-state index in [1.165, 1.54) is 16.7 Å². The molecule has 0 aromatic heterocycles. The molecule has 0 bridgehead atoms. The van der Waals surface area contributed by atoms with Crippen LogP contribution in [0.3, 0.4) is 0 Å². The highest BCUT2D eigenvalue weighted by atomic mass is 32.2. The number of allylic oxidation sites excluding steroid dienone is 4. The molecule has 0 heterocycles. The maximum absolute atomic E-state index is 13.1. The van der Waals surface area contributed by atoms with Gasteiger partial charge in [0.25, 0.3) is 0 Å². The molecule has 0 radical (unpaired) electrons. The number of halogens is 1. The van der Waals surface area contributed by atoms with E-state index in [4.69, 9.17) is 0 Å². The summed E-state index contributed by atoms with van der Waals surface area (Å²) in [4.78, 5) is 5.01. The molecule has 2 aromatic rings. The van der Waals surface area contributed by atoms with E-state index in [9.17, 15) is 3.89 Å². The summed E-state index contributed by atoms with van der Waals surface area (Å²) in [6.07, 6.45) is 4.65. The van der Waals surface area contributed by atoms with Gasteiger partial charge >= 0.3 is 0 Å². The highest BCUT2D eigenvalue weighted by Crippen LogP contribution is 2.20. The van der Waals surface area contributed by atoms with Crippen LogP contribution in [0, 0.1) is 6.92 Å². The predicted octanol–water partition coefficient (Wildman–Crippen LogP) is 7.23. The topological polar surface area (TPSA) is 24.4 Å². The van der Waals surface area contributed by atoms with Gasteiger partial charge in [-0.1, -0.05) is 67.6 Å². The van der Waals surface area contributed by atoms with Crippen LogP contribution in [0.4, 0.5) is 3.89 Å². The van der Waals surface area contributed by atoms with Gasteiger partial charge in [0.1, 0.15) is 0 Å². The van der Waals surface area contributed by atoms with Crippen molar-refractivity contribution < 1.29 is 3.89 Å². The van der Waals surface area contributed by atoms with E-state index >= 15 is 0 Å². The fourth-order valence-electron chi connectivity index (χ4n) is 3.00. The number of benzene rings is 2. The monoisotopic (exact) mass is 422 g/mol. The van der Waals surface area contributed by atoms with Crippen molar-refractivity contribution in [3.05, 3.63) is 99.6 Å². The summed E-state index contributed by atoms with van der Waals surface area (Å²) < 4.78 is 13.1. The van der Waals surface area contributed by atoms with E-state index in [1.54, 1.807) is 6.21 Å². The third kappa shape index (κ3) is 7.34. The molecule has 1 N–H and O–H groups in total. The van der Waals surface area contributed by atoms with Crippen LogP contribution in [0.5, 0.6) is 0 Å². The van der Waals surface area contributed by atoms with E-state index in [0.29, 0.717) is 18.0 Å². The SMILES string of the molecule is C=C(/C=C(\CN=CC(SF)=C(C)C)NCc1cccc(CC)c1)c1ccccc1C. The minimum absolute atomic E-state index is 0.230. The van der Waals surface area contributed by atoms with Crippen LogP contribution in [0.25, 0.3) is 5.57 Å². The minimum Gasteiger partial charge on any atom is -0.383 e. The summed E-state index contributed by atoms with van der Waals surface area (Å²) in [6, 6.07) is 16.7. The highest BCUT2D eigenvalue weighted by Gasteiger charge is 2.04. The molecule has 2 nitrogen and oxygen atoms in total. The maximum Gasteiger partial charge on any atom is 0.0827 e. The Morgan fingerprint density at radius 2 is 1.87 bits per heavy atom. The van der Waals surface area contributed by atoms with Gasteiger partial charge in [0.2, 0.25) is 0 Å². The van der Waals surface area contributed by atoms with Crippen LogP contribution < -0.4 is 5.32 Å². The average Bonchev–Trinajstić information content (AvgIpc) is 2.74. The maximum atomic E-state index is 13.1. The van der Waals surface area contributed by atoms with Gasteiger partial charge in [-0.3, -0.25) is 4.99 Å². The molecular weight excluding hydrogens is 391 g/mol. The molecule has 158 valence electrons.